The highest BCUT2D eigenvalue weighted by Crippen LogP contribution is 2.33. The zero-order chi connectivity index (χ0) is 30.0. The smallest absolute Gasteiger partial charge is 0.408 e. The van der Waals surface area contributed by atoms with Gasteiger partial charge in [0.2, 0.25) is 5.91 Å². The number of allylic oxidation sites excluding steroid dienone is 1. The van der Waals surface area contributed by atoms with Gasteiger partial charge in [0.1, 0.15) is 24.9 Å². The largest absolute Gasteiger partial charge is 0.459 e. The molecule has 10 nitrogen and oxygen atoms in total. The van der Waals surface area contributed by atoms with Crippen molar-refractivity contribution in [1.29, 1.82) is 0 Å². The number of benzene rings is 2. The molecule has 0 saturated carbocycles. The Labute approximate surface area is 241 Å². The van der Waals surface area contributed by atoms with Crippen LogP contribution in [0.1, 0.15) is 45.2 Å². The van der Waals surface area contributed by atoms with Gasteiger partial charge in [-0.1, -0.05) is 66.7 Å². The average Bonchev–Trinajstić information content (AvgIpc) is 3.29. The van der Waals surface area contributed by atoms with Gasteiger partial charge in [-0.05, 0) is 45.2 Å². The fourth-order valence-corrected chi connectivity index (χ4v) is 4.60. The number of nitrogens with zero attached hydrogens (tertiary/aromatic N) is 1. The highest BCUT2D eigenvalue weighted by atomic mass is 16.6. The van der Waals surface area contributed by atoms with Crippen molar-refractivity contribution in [3.05, 3.63) is 84.4 Å². The van der Waals surface area contributed by atoms with Gasteiger partial charge in [0.15, 0.2) is 5.54 Å². The maximum Gasteiger partial charge on any atom is 0.408 e. The summed E-state index contributed by atoms with van der Waals surface area (Å²) in [5, 5.41) is 5.28. The Balaban J connectivity index is 1.76. The van der Waals surface area contributed by atoms with Crippen molar-refractivity contribution < 1.29 is 33.4 Å². The van der Waals surface area contributed by atoms with Crippen molar-refractivity contribution in [3.63, 3.8) is 0 Å². The molecule has 0 bridgehead atoms. The molecule has 1 saturated heterocycles. The Bertz CT molecular complexity index is 1210. The fourth-order valence-electron chi connectivity index (χ4n) is 4.60. The molecule has 1 heterocycles. The van der Waals surface area contributed by atoms with Crippen LogP contribution in [-0.4, -0.2) is 59.2 Å². The van der Waals surface area contributed by atoms with Gasteiger partial charge in [-0.2, -0.15) is 0 Å². The quantitative estimate of drug-likeness (QED) is 0.250. The maximum atomic E-state index is 13.7. The molecule has 0 spiro atoms. The molecule has 3 amide bonds. The molecule has 0 radical (unpaired) electrons. The van der Waals surface area contributed by atoms with Crippen LogP contribution >= 0.6 is 0 Å². The van der Waals surface area contributed by atoms with Gasteiger partial charge in [-0.3, -0.25) is 4.79 Å². The van der Waals surface area contributed by atoms with Gasteiger partial charge in [0.25, 0.3) is 0 Å². The number of carbonyl (C=O) groups excluding carboxylic acids is 4. The first-order valence-corrected chi connectivity index (χ1v) is 13.5. The van der Waals surface area contributed by atoms with Crippen molar-refractivity contribution in [2.75, 3.05) is 13.1 Å². The maximum absolute atomic E-state index is 13.7. The summed E-state index contributed by atoms with van der Waals surface area (Å²) in [5.41, 5.74) is -0.847. The molecule has 3 rings (SSSR count). The molecule has 2 aromatic carbocycles. The van der Waals surface area contributed by atoms with Gasteiger partial charge in [0.05, 0.1) is 6.54 Å². The van der Waals surface area contributed by atoms with Gasteiger partial charge in [-0.15, -0.1) is 6.58 Å². The zero-order valence-electron chi connectivity index (χ0n) is 24.1. The number of ether oxygens (including phenoxy) is 3. The van der Waals surface area contributed by atoms with Crippen LogP contribution in [0, 0.1) is 5.92 Å². The number of hydrogen-bond acceptors (Lipinski definition) is 7. The van der Waals surface area contributed by atoms with Crippen LogP contribution in [0.2, 0.25) is 0 Å². The number of carbonyl (C=O) groups is 4. The first kappa shape index (κ1) is 31.2. The first-order chi connectivity index (χ1) is 19.4. The Morgan fingerprint density at radius 1 is 0.976 bits per heavy atom. The minimum atomic E-state index is -1.60. The van der Waals surface area contributed by atoms with E-state index in [1.807, 2.05) is 60.7 Å². The topological polar surface area (TPSA) is 123 Å². The highest BCUT2D eigenvalue weighted by molar-refractivity contribution is 5.91. The molecular weight excluding hydrogens is 526 g/mol. The summed E-state index contributed by atoms with van der Waals surface area (Å²) in [6.45, 7) is 10.4. The van der Waals surface area contributed by atoms with E-state index in [9.17, 15) is 19.2 Å². The highest BCUT2D eigenvalue weighted by Gasteiger charge is 2.56. The second-order valence-corrected chi connectivity index (χ2v) is 11.0. The molecule has 1 fully saturated rings. The number of nitrogens with one attached hydrogen (secondary N) is 2. The minimum absolute atomic E-state index is 0.0165. The van der Waals surface area contributed by atoms with Gasteiger partial charge in [-0.25, -0.2) is 14.4 Å². The number of amides is 3. The summed E-state index contributed by atoms with van der Waals surface area (Å²) >= 11 is 0. The second kappa shape index (κ2) is 13.8. The molecule has 2 aromatic rings. The second-order valence-electron chi connectivity index (χ2n) is 11.0. The van der Waals surface area contributed by atoms with Gasteiger partial charge in [0, 0.05) is 12.5 Å². The third-order valence-corrected chi connectivity index (χ3v) is 6.56. The van der Waals surface area contributed by atoms with Crippen LogP contribution in [0.3, 0.4) is 0 Å². The first-order valence-electron chi connectivity index (χ1n) is 13.5. The van der Waals surface area contributed by atoms with E-state index in [2.05, 4.69) is 17.2 Å². The monoisotopic (exact) mass is 565 g/mol. The van der Waals surface area contributed by atoms with Crippen LogP contribution < -0.4 is 10.6 Å². The number of esters is 1. The lowest BCUT2D eigenvalue weighted by atomic mass is 9.84. The summed E-state index contributed by atoms with van der Waals surface area (Å²) in [7, 11) is 0. The van der Waals surface area contributed by atoms with E-state index < -0.39 is 47.2 Å². The SMILES string of the molecule is C=CC[C@H]1CN(C(=O)[C@H](C)NC(=O)OCc2ccccc2)C[C@@]1(NC(=O)OC(C)(C)C)C(=O)OCc1ccccc1. The van der Waals surface area contributed by atoms with E-state index >= 15 is 0 Å². The Kier molecular flexibility index (Phi) is 10.5. The molecule has 2 N–H and O–H groups in total. The molecule has 1 aliphatic heterocycles. The third-order valence-electron chi connectivity index (χ3n) is 6.56. The number of alkyl carbamates (subject to hydrolysis) is 2. The lowest BCUT2D eigenvalue weighted by molar-refractivity contribution is -0.154. The summed E-state index contributed by atoms with van der Waals surface area (Å²) in [4.78, 5) is 53.9. The van der Waals surface area contributed by atoms with E-state index in [0.717, 1.165) is 11.1 Å². The zero-order valence-corrected chi connectivity index (χ0v) is 24.1. The van der Waals surface area contributed by atoms with E-state index in [1.54, 1.807) is 26.8 Å². The summed E-state index contributed by atoms with van der Waals surface area (Å²) in [5.74, 6) is -1.70. The van der Waals surface area contributed by atoms with Crippen molar-refractivity contribution in [3.8, 4) is 0 Å². The molecule has 220 valence electrons. The molecule has 1 aliphatic rings. The van der Waals surface area contributed by atoms with E-state index in [4.69, 9.17) is 14.2 Å². The molecule has 0 aromatic heterocycles. The van der Waals surface area contributed by atoms with Crippen LogP contribution in [0.4, 0.5) is 9.59 Å². The normalized spacial score (nSPS) is 19.0. The summed E-state index contributed by atoms with van der Waals surface area (Å²) in [6.07, 6.45) is 0.364. The van der Waals surface area contributed by atoms with E-state index in [-0.39, 0.29) is 26.3 Å². The van der Waals surface area contributed by atoms with Crippen molar-refractivity contribution in [1.82, 2.24) is 15.5 Å². The molecular formula is C31H39N3O7. The van der Waals surface area contributed by atoms with Crippen LogP contribution in [-0.2, 0) is 37.0 Å². The molecule has 41 heavy (non-hydrogen) atoms. The Morgan fingerprint density at radius 2 is 1.54 bits per heavy atom. The fraction of sp³-hybridized carbons (Fsp3) is 0.419. The molecule has 10 heteroatoms. The molecule has 0 aliphatic carbocycles. The number of hydrogen-bond donors (Lipinski definition) is 2. The summed E-state index contributed by atoms with van der Waals surface area (Å²) in [6, 6.07) is 17.3. The van der Waals surface area contributed by atoms with Crippen molar-refractivity contribution >= 4 is 24.1 Å². The standard InChI is InChI=1S/C31H39N3O7/c1-6-13-25-18-34(26(35)22(2)32-28(37)40-20-24-16-11-8-12-17-24)21-31(25,33-29(38)41-30(3,4)5)27(36)39-19-23-14-9-7-10-15-23/h6-12,14-17,22,25H,1,13,18-21H2,2-5H3,(H,32,37)(H,33,38)/t22-,25-,31-/m0/s1. The van der Waals surface area contributed by atoms with E-state index in [0.29, 0.717) is 6.42 Å². The van der Waals surface area contributed by atoms with E-state index in [1.165, 1.54) is 11.8 Å². The number of likely N-dealkylation sites (tertiary alicyclic amines) is 1. The predicted octanol–water partition coefficient (Wildman–Crippen LogP) is 4.34. The van der Waals surface area contributed by atoms with Crippen LogP contribution in [0.15, 0.2) is 73.3 Å². The average molecular weight is 566 g/mol. The molecule has 3 atom stereocenters. The molecule has 0 unspecified atom stereocenters. The Morgan fingerprint density at radius 3 is 2.07 bits per heavy atom. The van der Waals surface area contributed by atoms with Gasteiger partial charge >= 0.3 is 18.2 Å². The van der Waals surface area contributed by atoms with Crippen molar-refractivity contribution in [2.24, 2.45) is 5.92 Å². The predicted molar refractivity (Wildman–Crippen MR) is 152 cm³/mol. The minimum Gasteiger partial charge on any atom is -0.459 e. The summed E-state index contributed by atoms with van der Waals surface area (Å²) < 4.78 is 16.4. The van der Waals surface area contributed by atoms with Crippen LogP contribution in [0.5, 0.6) is 0 Å². The lowest BCUT2D eigenvalue weighted by Crippen LogP contribution is -2.61. The lowest BCUT2D eigenvalue weighted by Gasteiger charge is -2.33. The number of rotatable bonds is 10. The van der Waals surface area contributed by atoms with Crippen molar-refractivity contribution in [2.45, 2.75) is 64.5 Å². The van der Waals surface area contributed by atoms with Gasteiger partial charge < -0.3 is 29.7 Å². The van der Waals surface area contributed by atoms with Crippen LogP contribution in [0.25, 0.3) is 0 Å². The third kappa shape index (κ3) is 8.83. The Hall–Kier alpha value is -4.34.